The number of carbonyl (C=O) groups is 1. The predicted octanol–water partition coefficient (Wildman–Crippen LogP) is 2.79. The van der Waals surface area contributed by atoms with Gasteiger partial charge in [0, 0.05) is 24.0 Å². The molecule has 0 unspecified atom stereocenters. The summed E-state index contributed by atoms with van der Waals surface area (Å²) in [6, 6.07) is 8.55. The first-order valence-electron chi connectivity index (χ1n) is 8.50. The number of amides is 1. The molecule has 5 nitrogen and oxygen atoms in total. The highest BCUT2D eigenvalue weighted by Gasteiger charge is 2.28. The highest BCUT2D eigenvalue weighted by molar-refractivity contribution is 7.17. The van der Waals surface area contributed by atoms with Crippen molar-refractivity contribution in [1.29, 1.82) is 0 Å². The summed E-state index contributed by atoms with van der Waals surface area (Å²) in [4.78, 5) is 21.4. The maximum atomic E-state index is 13.0. The topological polar surface area (TPSA) is 41.4 Å². The van der Waals surface area contributed by atoms with E-state index in [4.69, 9.17) is 0 Å². The average molecular weight is 354 g/mol. The van der Waals surface area contributed by atoms with Gasteiger partial charge in [0.25, 0.3) is 0 Å². The van der Waals surface area contributed by atoms with Crippen molar-refractivity contribution in [3.63, 3.8) is 0 Å². The molecule has 6 heteroatoms. The zero-order chi connectivity index (χ0) is 17.4. The van der Waals surface area contributed by atoms with E-state index in [1.54, 1.807) is 11.3 Å². The molecule has 1 aliphatic heterocycles. The number of imidazole rings is 1. The molecule has 1 atom stereocenters. The summed E-state index contributed by atoms with van der Waals surface area (Å²) < 4.78 is 3.46. The van der Waals surface area contributed by atoms with Gasteiger partial charge in [-0.05, 0) is 36.5 Å². The van der Waals surface area contributed by atoms with Crippen LogP contribution >= 0.6 is 11.3 Å². The lowest BCUT2D eigenvalue weighted by atomic mass is 10.1. The fourth-order valence-electron chi connectivity index (χ4n) is 3.59. The zero-order valence-electron chi connectivity index (χ0n) is 14.6. The molecule has 0 saturated heterocycles. The molecule has 0 spiro atoms. The van der Waals surface area contributed by atoms with Gasteiger partial charge < -0.3 is 14.4 Å². The molecule has 0 fully saturated rings. The molecule has 1 amide bonds. The first kappa shape index (κ1) is 16.3. The van der Waals surface area contributed by atoms with Gasteiger partial charge in [0.2, 0.25) is 5.91 Å². The molecule has 1 aliphatic rings. The Morgan fingerprint density at radius 2 is 2.20 bits per heavy atom. The lowest BCUT2D eigenvalue weighted by molar-refractivity contribution is -0.132. The van der Waals surface area contributed by atoms with E-state index in [-0.39, 0.29) is 11.9 Å². The van der Waals surface area contributed by atoms with Crippen molar-refractivity contribution in [1.82, 2.24) is 19.4 Å². The molecule has 0 bridgehead atoms. The lowest BCUT2D eigenvalue weighted by Gasteiger charge is -2.35. The molecular formula is C19H22N4OS. The number of thiophene rings is 1. The largest absolute Gasteiger partial charge is 0.334 e. The van der Waals surface area contributed by atoms with E-state index in [2.05, 4.69) is 46.1 Å². The lowest BCUT2D eigenvalue weighted by Crippen LogP contribution is -2.44. The Morgan fingerprint density at radius 1 is 1.36 bits per heavy atom. The minimum Gasteiger partial charge on any atom is -0.334 e. The standard InChI is InChI=1S/C19H22N4OS/c1-21(2)9-16-11-22(10-15-8-20-13-23(15)16)19(24)7-14-12-25-18-6-4-3-5-17(14)18/h3-6,8,12-13,16H,7,9-11H2,1-2H3/t16-/m0/s1. The van der Waals surface area contributed by atoms with Gasteiger partial charge in [-0.3, -0.25) is 4.79 Å². The Labute approximate surface area is 151 Å². The summed E-state index contributed by atoms with van der Waals surface area (Å²) >= 11 is 1.71. The molecule has 1 aromatic carbocycles. The molecule has 2 aromatic heterocycles. The SMILES string of the molecule is CN(C)C[C@H]1CN(C(=O)Cc2csc3ccccc23)Cc2cncn21. The third kappa shape index (κ3) is 3.19. The number of likely N-dealkylation sites (N-methyl/N-ethyl adjacent to an activating group) is 1. The van der Waals surface area contributed by atoms with E-state index in [1.165, 1.54) is 10.1 Å². The van der Waals surface area contributed by atoms with Crippen LogP contribution < -0.4 is 0 Å². The molecule has 0 aliphatic carbocycles. The monoisotopic (exact) mass is 354 g/mol. The van der Waals surface area contributed by atoms with Gasteiger partial charge in [0.15, 0.2) is 0 Å². The summed E-state index contributed by atoms with van der Waals surface area (Å²) in [7, 11) is 4.13. The molecule has 0 radical (unpaired) electrons. The van der Waals surface area contributed by atoms with Crippen LogP contribution in [-0.2, 0) is 17.8 Å². The maximum Gasteiger partial charge on any atom is 0.227 e. The number of benzene rings is 1. The number of hydrogen-bond acceptors (Lipinski definition) is 4. The average Bonchev–Trinajstić information content (AvgIpc) is 3.21. The number of carbonyl (C=O) groups excluding carboxylic acids is 1. The van der Waals surface area contributed by atoms with Crippen LogP contribution in [-0.4, -0.2) is 52.4 Å². The maximum absolute atomic E-state index is 13.0. The van der Waals surface area contributed by atoms with Crippen molar-refractivity contribution < 1.29 is 4.79 Å². The highest BCUT2D eigenvalue weighted by Crippen LogP contribution is 2.27. The minimum absolute atomic E-state index is 0.194. The molecule has 4 rings (SSSR count). The van der Waals surface area contributed by atoms with Gasteiger partial charge in [-0.1, -0.05) is 18.2 Å². The Morgan fingerprint density at radius 3 is 3.04 bits per heavy atom. The van der Waals surface area contributed by atoms with Crippen molar-refractivity contribution in [3.05, 3.63) is 53.4 Å². The van der Waals surface area contributed by atoms with E-state index in [0.717, 1.165) is 24.3 Å². The summed E-state index contributed by atoms with van der Waals surface area (Å²) in [6.07, 6.45) is 4.23. The van der Waals surface area contributed by atoms with Gasteiger partial charge in [-0.15, -0.1) is 11.3 Å². The summed E-state index contributed by atoms with van der Waals surface area (Å²) in [6.45, 7) is 2.28. The number of nitrogens with zero attached hydrogens (tertiary/aromatic N) is 4. The van der Waals surface area contributed by atoms with Gasteiger partial charge in [-0.25, -0.2) is 4.98 Å². The van der Waals surface area contributed by atoms with Crippen LogP contribution in [0.5, 0.6) is 0 Å². The second-order valence-corrected chi connectivity index (χ2v) is 7.83. The number of rotatable bonds is 4. The van der Waals surface area contributed by atoms with Crippen molar-refractivity contribution in [2.45, 2.75) is 19.0 Å². The quantitative estimate of drug-likeness (QED) is 0.723. The second kappa shape index (κ2) is 6.61. The Hall–Kier alpha value is -2.18. The summed E-state index contributed by atoms with van der Waals surface area (Å²) in [5.74, 6) is 0.194. The minimum atomic E-state index is 0.194. The van der Waals surface area contributed by atoms with Gasteiger partial charge in [0.1, 0.15) is 0 Å². The van der Waals surface area contributed by atoms with Crippen LogP contribution in [0.4, 0.5) is 0 Å². The smallest absolute Gasteiger partial charge is 0.227 e. The van der Waals surface area contributed by atoms with Crippen LogP contribution in [0.2, 0.25) is 0 Å². The van der Waals surface area contributed by atoms with Gasteiger partial charge >= 0.3 is 0 Å². The van der Waals surface area contributed by atoms with E-state index < -0.39 is 0 Å². The van der Waals surface area contributed by atoms with E-state index in [0.29, 0.717) is 13.0 Å². The summed E-state index contributed by atoms with van der Waals surface area (Å²) in [5, 5.41) is 3.32. The van der Waals surface area contributed by atoms with Crippen LogP contribution in [0, 0.1) is 0 Å². The van der Waals surface area contributed by atoms with Crippen molar-refractivity contribution in [3.8, 4) is 0 Å². The molecule has 0 saturated carbocycles. The molecule has 3 aromatic rings. The van der Waals surface area contributed by atoms with Crippen LogP contribution in [0.3, 0.4) is 0 Å². The number of hydrogen-bond donors (Lipinski definition) is 0. The Kier molecular flexibility index (Phi) is 4.31. The van der Waals surface area contributed by atoms with Crippen LogP contribution in [0.15, 0.2) is 42.2 Å². The third-order valence-corrected chi connectivity index (χ3v) is 5.77. The van der Waals surface area contributed by atoms with Gasteiger partial charge in [0.05, 0.1) is 31.0 Å². The van der Waals surface area contributed by atoms with E-state index in [1.807, 2.05) is 29.6 Å². The fraction of sp³-hybridized carbons (Fsp3) is 0.368. The van der Waals surface area contributed by atoms with Crippen LogP contribution in [0.25, 0.3) is 10.1 Å². The Balaban J connectivity index is 1.54. The Bertz CT molecular complexity index is 898. The second-order valence-electron chi connectivity index (χ2n) is 6.92. The first-order chi connectivity index (χ1) is 12.1. The molecular weight excluding hydrogens is 332 g/mol. The third-order valence-electron chi connectivity index (χ3n) is 4.76. The van der Waals surface area contributed by atoms with Crippen molar-refractivity contribution >= 4 is 27.3 Å². The molecule has 130 valence electrons. The fourth-order valence-corrected chi connectivity index (χ4v) is 4.55. The van der Waals surface area contributed by atoms with Crippen LogP contribution in [0.1, 0.15) is 17.3 Å². The highest BCUT2D eigenvalue weighted by atomic mass is 32.1. The predicted molar refractivity (Wildman–Crippen MR) is 101 cm³/mol. The van der Waals surface area contributed by atoms with E-state index in [9.17, 15) is 4.79 Å². The molecule has 0 N–H and O–H groups in total. The molecule has 3 heterocycles. The van der Waals surface area contributed by atoms with Crippen molar-refractivity contribution in [2.75, 3.05) is 27.2 Å². The number of fused-ring (bicyclic) bond motifs is 2. The van der Waals surface area contributed by atoms with Gasteiger partial charge in [-0.2, -0.15) is 0 Å². The first-order valence-corrected chi connectivity index (χ1v) is 9.38. The molecule has 25 heavy (non-hydrogen) atoms. The zero-order valence-corrected chi connectivity index (χ0v) is 15.4. The normalized spacial score (nSPS) is 17.2. The number of aromatic nitrogens is 2. The summed E-state index contributed by atoms with van der Waals surface area (Å²) in [5.41, 5.74) is 2.25. The van der Waals surface area contributed by atoms with E-state index >= 15 is 0 Å². The van der Waals surface area contributed by atoms with Crippen molar-refractivity contribution in [2.24, 2.45) is 0 Å².